The van der Waals surface area contributed by atoms with Crippen molar-refractivity contribution in [3.05, 3.63) is 81.2 Å². The molecule has 26 heavy (non-hydrogen) atoms. The summed E-state index contributed by atoms with van der Waals surface area (Å²) in [6.07, 6.45) is 1.57. The van der Waals surface area contributed by atoms with Gasteiger partial charge >= 0.3 is 5.97 Å². The Bertz CT molecular complexity index is 931. The van der Waals surface area contributed by atoms with E-state index in [1.165, 1.54) is 24.1 Å². The molecule has 0 N–H and O–H groups in total. The summed E-state index contributed by atoms with van der Waals surface area (Å²) in [5, 5.41) is 0. The number of hydrogen-bond acceptors (Lipinski definition) is 3. The second-order valence-electron chi connectivity index (χ2n) is 5.68. The smallest absolute Gasteiger partial charge is 0.340 e. The normalized spacial score (nSPS) is 15.8. The molecule has 2 aromatic rings. The lowest BCUT2D eigenvalue weighted by atomic mass is 10.0. The van der Waals surface area contributed by atoms with Crippen molar-refractivity contribution in [2.75, 3.05) is 12.0 Å². The number of halogens is 2. The zero-order chi connectivity index (χ0) is 18.8. The van der Waals surface area contributed by atoms with Crippen molar-refractivity contribution in [3.63, 3.8) is 0 Å². The standard InChI is InChI=1S/C20H15BrFNO3/c1-12-18(20(25)26-2)17(11-13-3-7-15(22)8-4-13)19(24)23(12)16-9-5-14(21)6-10-16/h3-11H,1-2H3/b17-11-. The van der Waals surface area contributed by atoms with Crippen LogP contribution in [0.3, 0.4) is 0 Å². The van der Waals surface area contributed by atoms with E-state index in [9.17, 15) is 14.0 Å². The van der Waals surface area contributed by atoms with Crippen LogP contribution in [0.25, 0.3) is 6.08 Å². The molecule has 0 aromatic heterocycles. The lowest BCUT2D eigenvalue weighted by Crippen LogP contribution is -2.24. The Balaban J connectivity index is 2.12. The van der Waals surface area contributed by atoms with Gasteiger partial charge in [0.2, 0.25) is 0 Å². The van der Waals surface area contributed by atoms with Crippen molar-refractivity contribution >= 4 is 39.6 Å². The lowest BCUT2D eigenvalue weighted by Gasteiger charge is -2.18. The first-order chi connectivity index (χ1) is 12.4. The summed E-state index contributed by atoms with van der Waals surface area (Å²) in [6.45, 7) is 1.69. The van der Waals surface area contributed by atoms with Crippen LogP contribution in [-0.4, -0.2) is 19.0 Å². The first-order valence-corrected chi connectivity index (χ1v) is 8.58. The fraction of sp³-hybridized carbons (Fsp3) is 0.100. The molecule has 0 unspecified atom stereocenters. The van der Waals surface area contributed by atoms with Crippen LogP contribution in [0.15, 0.2) is 69.8 Å². The lowest BCUT2D eigenvalue weighted by molar-refractivity contribution is -0.136. The zero-order valence-electron chi connectivity index (χ0n) is 14.1. The van der Waals surface area contributed by atoms with Crippen LogP contribution in [0.5, 0.6) is 0 Å². The molecule has 1 aliphatic rings. The fourth-order valence-electron chi connectivity index (χ4n) is 2.81. The molecule has 0 atom stereocenters. The highest BCUT2D eigenvalue weighted by molar-refractivity contribution is 9.10. The van der Waals surface area contributed by atoms with E-state index in [4.69, 9.17) is 4.74 Å². The maximum atomic E-state index is 13.1. The number of hydrogen-bond donors (Lipinski definition) is 0. The number of carbonyl (C=O) groups is 2. The van der Waals surface area contributed by atoms with Crippen molar-refractivity contribution < 1.29 is 18.7 Å². The molecule has 0 saturated carbocycles. The second-order valence-corrected chi connectivity index (χ2v) is 6.59. The van der Waals surface area contributed by atoms with E-state index in [0.29, 0.717) is 16.9 Å². The van der Waals surface area contributed by atoms with E-state index in [0.717, 1.165) is 4.47 Å². The molecule has 1 aliphatic heterocycles. The Morgan fingerprint density at radius 1 is 1.12 bits per heavy atom. The quantitative estimate of drug-likeness (QED) is 0.548. The largest absolute Gasteiger partial charge is 0.465 e. The fourth-order valence-corrected chi connectivity index (χ4v) is 3.07. The number of methoxy groups -OCH3 is 1. The number of nitrogens with zero attached hydrogens (tertiary/aromatic N) is 1. The average Bonchev–Trinajstić information content (AvgIpc) is 2.87. The van der Waals surface area contributed by atoms with Crippen LogP contribution >= 0.6 is 15.9 Å². The summed E-state index contributed by atoms with van der Waals surface area (Å²) in [6, 6.07) is 12.9. The van der Waals surface area contributed by atoms with Gasteiger partial charge in [0.25, 0.3) is 5.91 Å². The second kappa shape index (κ2) is 7.25. The van der Waals surface area contributed by atoms with Gasteiger partial charge in [-0.25, -0.2) is 9.18 Å². The SMILES string of the molecule is COC(=O)C1=C(C)N(c2ccc(Br)cc2)C(=O)/C1=C\c1ccc(F)cc1. The van der Waals surface area contributed by atoms with Gasteiger partial charge in [-0.15, -0.1) is 0 Å². The van der Waals surface area contributed by atoms with Crippen LogP contribution in [-0.2, 0) is 14.3 Å². The monoisotopic (exact) mass is 415 g/mol. The topological polar surface area (TPSA) is 46.6 Å². The average molecular weight is 416 g/mol. The number of amides is 1. The third kappa shape index (κ3) is 3.32. The summed E-state index contributed by atoms with van der Waals surface area (Å²) in [5.74, 6) is -1.31. The zero-order valence-corrected chi connectivity index (χ0v) is 15.7. The summed E-state index contributed by atoms with van der Waals surface area (Å²) < 4.78 is 18.9. The molecule has 0 fully saturated rings. The molecular formula is C20H15BrFNO3. The van der Waals surface area contributed by atoms with Gasteiger partial charge in [-0.2, -0.15) is 0 Å². The number of carbonyl (C=O) groups excluding carboxylic acids is 2. The molecule has 2 aromatic carbocycles. The molecule has 0 bridgehead atoms. The molecule has 4 nitrogen and oxygen atoms in total. The Kier molecular flexibility index (Phi) is 5.04. The van der Waals surface area contributed by atoms with Gasteiger partial charge in [0.15, 0.2) is 0 Å². The van der Waals surface area contributed by atoms with E-state index in [-0.39, 0.29) is 22.9 Å². The van der Waals surface area contributed by atoms with E-state index >= 15 is 0 Å². The predicted octanol–water partition coefficient (Wildman–Crippen LogP) is 4.47. The summed E-state index contributed by atoms with van der Waals surface area (Å²) >= 11 is 3.36. The molecule has 6 heteroatoms. The third-order valence-corrected chi connectivity index (χ3v) is 4.58. The summed E-state index contributed by atoms with van der Waals surface area (Å²) in [5.41, 5.74) is 2.15. The minimum atomic E-state index is -0.594. The van der Waals surface area contributed by atoms with Crippen molar-refractivity contribution in [1.82, 2.24) is 0 Å². The molecule has 3 rings (SSSR count). The number of allylic oxidation sites excluding steroid dienone is 1. The van der Waals surface area contributed by atoms with Gasteiger partial charge < -0.3 is 4.74 Å². The maximum absolute atomic E-state index is 13.1. The van der Waals surface area contributed by atoms with Gasteiger partial charge in [0.1, 0.15) is 5.82 Å². The van der Waals surface area contributed by atoms with Gasteiger partial charge in [-0.05, 0) is 55.0 Å². The number of rotatable bonds is 3. The van der Waals surface area contributed by atoms with E-state index in [1.54, 1.807) is 37.3 Å². The number of benzene rings is 2. The van der Waals surface area contributed by atoms with Crippen LogP contribution in [0.2, 0.25) is 0 Å². The Morgan fingerprint density at radius 2 is 1.73 bits per heavy atom. The highest BCUT2D eigenvalue weighted by Gasteiger charge is 2.37. The van der Waals surface area contributed by atoms with E-state index in [2.05, 4.69) is 15.9 Å². The Morgan fingerprint density at radius 3 is 2.31 bits per heavy atom. The molecule has 0 spiro atoms. The molecule has 0 radical (unpaired) electrons. The number of esters is 1. The van der Waals surface area contributed by atoms with Gasteiger partial charge in [0.05, 0.1) is 18.3 Å². The Labute approximate surface area is 158 Å². The minimum absolute atomic E-state index is 0.199. The van der Waals surface area contributed by atoms with Crippen molar-refractivity contribution in [2.45, 2.75) is 6.92 Å². The highest BCUT2D eigenvalue weighted by Crippen LogP contribution is 2.35. The molecule has 1 heterocycles. The Hall–Kier alpha value is -2.73. The molecular weight excluding hydrogens is 401 g/mol. The first-order valence-electron chi connectivity index (χ1n) is 7.79. The minimum Gasteiger partial charge on any atom is -0.465 e. The molecule has 1 amide bonds. The number of anilines is 1. The third-order valence-electron chi connectivity index (χ3n) is 4.06. The van der Waals surface area contributed by atoms with Gasteiger partial charge in [-0.3, -0.25) is 9.69 Å². The van der Waals surface area contributed by atoms with Gasteiger partial charge in [-0.1, -0.05) is 28.1 Å². The van der Waals surface area contributed by atoms with Crippen LogP contribution < -0.4 is 4.90 Å². The maximum Gasteiger partial charge on any atom is 0.340 e. The van der Waals surface area contributed by atoms with Crippen LogP contribution in [0.4, 0.5) is 10.1 Å². The predicted molar refractivity (Wildman–Crippen MR) is 101 cm³/mol. The molecule has 132 valence electrons. The van der Waals surface area contributed by atoms with Crippen molar-refractivity contribution in [3.8, 4) is 0 Å². The van der Waals surface area contributed by atoms with E-state index in [1.807, 2.05) is 12.1 Å². The van der Waals surface area contributed by atoms with Gasteiger partial charge in [0, 0.05) is 15.9 Å². The van der Waals surface area contributed by atoms with Crippen LogP contribution in [0, 0.1) is 5.82 Å². The van der Waals surface area contributed by atoms with Crippen molar-refractivity contribution in [2.24, 2.45) is 0 Å². The molecule has 0 saturated heterocycles. The summed E-state index contributed by atoms with van der Waals surface area (Å²) in [7, 11) is 1.27. The van der Waals surface area contributed by atoms with Crippen LogP contribution in [0.1, 0.15) is 12.5 Å². The summed E-state index contributed by atoms with van der Waals surface area (Å²) in [4.78, 5) is 26.8. The molecule has 0 aliphatic carbocycles. The highest BCUT2D eigenvalue weighted by atomic mass is 79.9. The van der Waals surface area contributed by atoms with Crippen molar-refractivity contribution in [1.29, 1.82) is 0 Å². The van der Waals surface area contributed by atoms with E-state index < -0.39 is 5.97 Å². The number of ether oxygens (including phenoxy) is 1. The first kappa shape index (κ1) is 18.1.